The molecule has 0 unspecified atom stereocenters. The Kier molecular flexibility index (Phi) is 6.91. The van der Waals surface area contributed by atoms with Gasteiger partial charge < -0.3 is 9.88 Å². The van der Waals surface area contributed by atoms with Gasteiger partial charge in [-0.3, -0.25) is 9.59 Å². The van der Waals surface area contributed by atoms with Crippen LogP contribution in [0.25, 0.3) is 10.8 Å². The quantitative estimate of drug-likeness (QED) is 0.430. The van der Waals surface area contributed by atoms with E-state index in [1.165, 1.54) is 22.4 Å². The number of amides is 1. The zero-order chi connectivity index (χ0) is 24.2. The highest BCUT2D eigenvalue weighted by atomic mass is 19.1. The minimum absolute atomic E-state index is 0.0205. The summed E-state index contributed by atoms with van der Waals surface area (Å²) in [7, 11) is 0. The molecule has 0 aliphatic carbocycles. The van der Waals surface area contributed by atoms with E-state index >= 15 is 0 Å². The van der Waals surface area contributed by atoms with Gasteiger partial charge in [-0.2, -0.15) is 5.10 Å². The topological polar surface area (TPSA) is 68.9 Å². The van der Waals surface area contributed by atoms with Crippen LogP contribution in [-0.4, -0.2) is 26.3 Å². The molecule has 1 atom stereocenters. The standard InChI is InChI=1S/C27H29FN4O2/c1-18(9-10-21-7-5-4-6-8-21)30-25(33)17-32-27(34)26-20(3)31(19(2)24(26)15-29-32)16-22-11-13-23(28)14-12-22/h4-8,11-15,18H,9-10,16-17H2,1-3H3,(H,30,33)/t18-/m0/s1. The second-order valence-corrected chi connectivity index (χ2v) is 8.77. The molecular formula is C27H29FN4O2. The SMILES string of the molecule is Cc1c2cnn(CC(=O)N[C@@H](C)CCc3ccccc3)c(=O)c2c(C)n1Cc1ccc(F)cc1. The average molecular weight is 461 g/mol. The van der Waals surface area contributed by atoms with Crippen LogP contribution in [-0.2, 0) is 24.3 Å². The predicted octanol–water partition coefficient (Wildman–Crippen LogP) is 4.14. The monoisotopic (exact) mass is 460 g/mol. The van der Waals surface area contributed by atoms with E-state index in [0.717, 1.165) is 35.2 Å². The molecule has 1 N–H and O–H groups in total. The highest BCUT2D eigenvalue weighted by Crippen LogP contribution is 2.23. The molecule has 0 aliphatic heterocycles. The molecular weight excluding hydrogens is 431 g/mol. The Morgan fingerprint density at radius 2 is 1.74 bits per heavy atom. The van der Waals surface area contributed by atoms with Crippen molar-refractivity contribution >= 4 is 16.7 Å². The molecule has 0 bridgehead atoms. The molecule has 2 aromatic carbocycles. The number of nitrogens with zero attached hydrogens (tertiary/aromatic N) is 3. The molecule has 0 spiro atoms. The van der Waals surface area contributed by atoms with Crippen molar-refractivity contribution in [3.63, 3.8) is 0 Å². The van der Waals surface area contributed by atoms with E-state index < -0.39 is 0 Å². The summed E-state index contributed by atoms with van der Waals surface area (Å²) in [5.41, 5.74) is 3.58. The third-order valence-electron chi connectivity index (χ3n) is 6.27. The Hall–Kier alpha value is -3.74. The zero-order valence-electron chi connectivity index (χ0n) is 19.7. The second kappa shape index (κ2) is 10.0. The van der Waals surface area contributed by atoms with Gasteiger partial charge in [0.2, 0.25) is 5.91 Å². The maximum atomic E-state index is 13.3. The summed E-state index contributed by atoms with van der Waals surface area (Å²) in [4.78, 5) is 25.8. The fraction of sp³-hybridized carbons (Fsp3) is 0.296. The van der Waals surface area contributed by atoms with Gasteiger partial charge in [-0.1, -0.05) is 42.5 Å². The van der Waals surface area contributed by atoms with E-state index in [9.17, 15) is 14.0 Å². The van der Waals surface area contributed by atoms with E-state index in [2.05, 4.69) is 22.5 Å². The van der Waals surface area contributed by atoms with Crippen molar-refractivity contribution in [2.45, 2.75) is 52.7 Å². The fourth-order valence-corrected chi connectivity index (χ4v) is 4.32. The normalized spacial score (nSPS) is 12.1. The van der Waals surface area contributed by atoms with Crippen molar-refractivity contribution in [1.82, 2.24) is 19.7 Å². The Morgan fingerprint density at radius 1 is 1.03 bits per heavy atom. The van der Waals surface area contributed by atoms with Crippen LogP contribution in [0.4, 0.5) is 4.39 Å². The molecule has 0 radical (unpaired) electrons. The first kappa shape index (κ1) is 23.4. The molecule has 1 amide bonds. The number of hydrogen-bond donors (Lipinski definition) is 1. The van der Waals surface area contributed by atoms with Gasteiger partial charge in [0.25, 0.3) is 5.56 Å². The summed E-state index contributed by atoms with van der Waals surface area (Å²) in [6.07, 6.45) is 3.32. The van der Waals surface area contributed by atoms with Crippen molar-refractivity contribution in [3.05, 3.63) is 99.5 Å². The highest BCUT2D eigenvalue weighted by molar-refractivity contribution is 5.87. The Balaban J connectivity index is 1.48. The van der Waals surface area contributed by atoms with Crippen molar-refractivity contribution < 1.29 is 9.18 Å². The van der Waals surface area contributed by atoms with Crippen LogP contribution in [0.3, 0.4) is 0 Å². The molecule has 0 saturated carbocycles. The summed E-state index contributed by atoms with van der Waals surface area (Å²) in [6, 6.07) is 16.4. The van der Waals surface area contributed by atoms with Crippen LogP contribution in [0.2, 0.25) is 0 Å². The lowest BCUT2D eigenvalue weighted by Crippen LogP contribution is -2.38. The Bertz CT molecular complexity index is 1360. The van der Waals surface area contributed by atoms with E-state index in [4.69, 9.17) is 0 Å². The molecule has 0 aliphatic rings. The summed E-state index contributed by atoms with van der Waals surface area (Å²) < 4.78 is 16.5. The summed E-state index contributed by atoms with van der Waals surface area (Å²) >= 11 is 0. The molecule has 4 rings (SSSR count). The maximum absolute atomic E-state index is 13.3. The van der Waals surface area contributed by atoms with Crippen LogP contribution < -0.4 is 10.9 Å². The third kappa shape index (κ3) is 5.09. The van der Waals surface area contributed by atoms with E-state index in [1.807, 2.05) is 43.5 Å². The number of nitrogens with one attached hydrogen (secondary N) is 1. The number of aromatic nitrogens is 3. The Labute approximate surface area is 198 Å². The van der Waals surface area contributed by atoms with Crippen LogP contribution in [0, 0.1) is 19.7 Å². The Morgan fingerprint density at radius 3 is 2.44 bits per heavy atom. The maximum Gasteiger partial charge on any atom is 0.276 e. The molecule has 2 aromatic heterocycles. The minimum Gasteiger partial charge on any atom is -0.352 e. The number of rotatable bonds is 8. The summed E-state index contributed by atoms with van der Waals surface area (Å²) in [5.74, 6) is -0.524. The molecule has 2 heterocycles. The number of benzene rings is 2. The molecule has 0 fully saturated rings. The van der Waals surface area contributed by atoms with Crippen LogP contribution in [0.15, 0.2) is 65.6 Å². The number of hydrogen-bond acceptors (Lipinski definition) is 3. The first-order valence-electron chi connectivity index (χ1n) is 11.5. The van der Waals surface area contributed by atoms with Gasteiger partial charge in [0.1, 0.15) is 12.4 Å². The minimum atomic E-state index is -0.289. The molecule has 4 aromatic rings. The number of aryl methyl sites for hydroxylation is 3. The molecule has 34 heavy (non-hydrogen) atoms. The van der Waals surface area contributed by atoms with Gasteiger partial charge in [-0.15, -0.1) is 0 Å². The number of carbonyl (C=O) groups excluding carboxylic acids is 1. The predicted molar refractivity (Wildman–Crippen MR) is 131 cm³/mol. The number of fused-ring (bicyclic) bond motifs is 1. The first-order valence-corrected chi connectivity index (χ1v) is 11.5. The summed E-state index contributed by atoms with van der Waals surface area (Å²) in [6.45, 7) is 6.17. The van der Waals surface area contributed by atoms with Gasteiger partial charge in [-0.05, 0) is 56.9 Å². The summed E-state index contributed by atoms with van der Waals surface area (Å²) in [5, 5.41) is 8.55. The highest BCUT2D eigenvalue weighted by Gasteiger charge is 2.18. The molecule has 7 heteroatoms. The number of halogens is 1. The van der Waals surface area contributed by atoms with E-state index in [1.54, 1.807) is 18.3 Å². The molecule has 176 valence electrons. The van der Waals surface area contributed by atoms with Gasteiger partial charge in [0.05, 0.1) is 11.6 Å². The second-order valence-electron chi connectivity index (χ2n) is 8.77. The lowest BCUT2D eigenvalue weighted by atomic mass is 10.1. The van der Waals surface area contributed by atoms with Crippen LogP contribution in [0.5, 0.6) is 0 Å². The van der Waals surface area contributed by atoms with Gasteiger partial charge in [0.15, 0.2) is 0 Å². The third-order valence-corrected chi connectivity index (χ3v) is 6.27. The van der Waals surface area contributed by atoms with E-state index in [0.29, 0.717) is 11.9 Å². The van der Waals surface area contributed by atoms with E-state index in [-0.39, 0.29) is 29.9 Å². The van der Waals surface area contributed by atoms with Crippen molar-refractivity contribution in [2.24, 2.45) is 0 Å². The van der Waals surface area contributed by atoms with Crippen LogP contribution >= 0.6 is 0 Å². The molecule has 6 nitrogen and oxygen atoms in total. The van der Waals surface area contributed by atoms with Gasteiger partial charge in [-0.25, -0.2) is 9.07 Å². The lowest BCUT2D eigenvalue weighted by Gasteiger charge is -2.14. The van der Waals surface area contributed by atoms with Crippen molar-refractivity contribution in [3.8, 4) is 0 Å². The van der Waals surface area contributed by atoms with Gasteiger partial charge in [0, 0.05) is 29.4 Å². The zero-order valence-corrected chi connectivity index (χ0v) is 19.7. The number of carbonyl (C=O) groups is 1. The first-order chi connectivity index (χ1) is 16.3. The fourth-order valence-electron chi connectivity index (χ4n) is 4.32. The average Bonchev–Trinajstić information content (AvgIpc) is 3.06. The molecule has 0 saturated heterocycles. The smallest absolute Gasteiger partial charge is 0.276 e. The van der Waals surface area contributed by atoms with Crippen molar-refractivity contribution in [1.29, 1.82) is 0 Å². The largest absolute Gasteiger partial charge is 0.352 e. The van der Waals surface area contributed by atoms with Gasteiger partial charge >= 0.3 is 0 Å². The lowest BCUT2D eigenvalue weighted by molar-refractivity contribution is -0.122. The van der Waals surface area contributed by atoms with Crippen LogP contribution in [0.1, 0.15) is 35.9 Å². The van der Waals surface area contributed by atoms with Crippen molar-refractivity contribution in [2.75, 3.05) is 0 Å².